The summed E-state index contributed by atoms with van der Waals surface area (Å²) in [6.07, 6.45) is 2.50. The normalized spacial score (nSPS) is 14.4. The van der Waals surface area contributed by atoms with E-state index in [0.717, 1.165) is 30.4 Å². The van der Waals surface area contributed by atoms with Gasteiger partial charge >= 0.3 is 0 Å². The number of aromatic hydroxyl groups is 1. The fourth-order valence-electron chi connectivity index (χ4n) is 2.73. The summed E-state index contributed by atoms with van der Waals surface area (Å²) in [7, 11) is 0. The quantitative estimate of drug-likeness (QED) is 0.898. The van der Waals surface area contributed by atoms with Gasteiger partial charge in [0.05, 0.1) is 0 Å². The van der Waals surface area contributed by atoms with E-state index >= 15 is 0 Å². The smallest absolute Gasteiger partial charge is 0.127 e. The molecule has 4 heteroatoms. The predicted molar refractivity (Wildman–Crippen MR) is 83.3 cm³/mol. The maximum atomic E-state index is 13.2. The number of nitrogens with zero attached hydrogens (tertiary/aromatic N) is 1. The molecule has 1 aliphatic rings. The molecule has 0 unspecified atom stereocenters. The lowest BCUT2D eigenvalue weighted by atomic mass is 10.2. The van der Waals surface area contributed by atoms with Gasteiger partial charge in [0, 0.05) is 37.1 Å². The van der Waals surface area contributed by atoms with Gasteiger partial charge < -0.3 is 15.3 Å². The number of anilines is 2. The molecule has 1 heterocycles. The fraction of sp³-hybridized carbons (Fsp3) is 0.294. The summed E-state index contributed by atoms with van der Waals surface area (Å²) in [4.78, 5) is 2.37. The van der Waals surface area contributed by atoms with Crippen LogP contribution in [0.25, 0.3) is 0 Å². The van der Waals surface area contributed by atoms with Gasteiger partial charge in [-0.15, -0.1) is 0 Å². The molecule has 0 saturated carbocycles. The Morgan fingerprint density at radius 3 is 2.67 bits per heavy atom. The van der Waals surface area contributed by atoms with Crippen LogP contribution in [0.15, 0.2) is 42.5 Å². The largest absolute Gasteiger partial charge is 0.508 e. The lowest BCUT2D eigenvalue weighted by Gasteiger charge is -2.18. The van der Waals surface area contributed by atoms with Crippen molar-refractivity contribution in [2.45, 2.75) is 19.4 Å². The number of phenolic OH excluding ortho intramolecular Hbond substituents is 1. The summed E-state index contributed by atoms with van der Waals surface area (Å²) in [6, 6.07) is 12.4. The molecule has 2 aromatic rings. The number of benzene rings is 2. The Labute approximate surface area is 124 Å². The first-order chi connectivity index (χ1) is 10.2. The number of hydrogen-bond acceptors (Lipinski definition) is 3. The van der Waals surface area contributed by atoms with E-state index in [9.17, 15) is 9.50 Å². The van der Waals surface area contributed by atoms with Gasteiger partial charge in [-0.2, -0.15) is 0 Å². The number of hydrogen-bond donors (Lipinski definition) is 2. The van der Waals surface area contributed by atoms with Crippen LogP contribution in [0.4, 0.5) is 15.8 Å². The topological polar surface area (TPSA) is 35.5 Å². The molecule has 0 atom stereocenters. The molecule has 21 heavy (non-hydrogen) atoms. The predicted octanol–water partition coefficient (Wildman–Crippen LogP) is 3.74. The van der Waals surface area contributed by atoms with Crippen LogP contribution in [-0.4, -0.2) is 18.2 Å². The van der Waals surface area contributed by atoms with E-state index in [0.29, 0.717) is 6.54 Å². The number of rotatable bonds is 4. The van der Waals surface area contributed by atoms with Gasteiger partial charge in [0.15, 0.2) is 0 Å². The molecule has 0 spiro atoms. The molecule has 110 valence electrons. The van der Waals surface area contributed by atoms with Crippen LogP contribution >= 0.6 is 0 Å². The summed E-state index contributed by atoms with van der Waals surface area (Å²) >= 11 is 0. The van der Waals surface area contributed by atoms with Crippen molar-refractivity contribution in [1.82, 2.24) is 0 Å². The zero-order chi connectivity index (χ0) is 14.7. The van der Waals surface area contributed by atoms with Gasteiger partial charge in [-0.3, -0.25) is 0 Å². The number of halogens is 1. The van der Waals surface area contributed by atoms with Crippen molar-refractivity contribution in [3.63, 3.8) is 0 Å². The van der Waals surface area contributed by atoms with Crippen molar-refractivity contribution in [2.24, 2.45) is 0 Å². The summed E-state index contributed by atoms with van der Waals surface area (Å²) in [5.41, 5.74) is 2.95. The number of phenols is 1. The van der Waals surface area contributed by atoms with Gasteiger partial charge in [-0.25, -0.2) is 4.39 Å². The van der Waals surface area contributed by atoms with Crippen molar-refractivity contribution < 1.29 is 9.50 Å². The van der Waals surface area contributed by atoms with Crippen LogP contribution in [0, 0.1) is 5.82 Å². The zero-order valence-electron chi connectivity index (χ0n) is 11.8. The zero-order valence-corrected chi connectivity index (χ0v) is 11.8. The molecule has 0 aliphatic carbocycles. The van der Waals surface area contributed by atoms with E-state index in [2.05, 4.69) is 22.3 Å². The average molecular weight is 286 g/mol. The Bertz CT molecular complexity index is 604. The summed E-state index contributed by atoms with van der Waals surface area (Å²) < 4.78 is 13.2. The van der Waals surface area contributed by atoms with Crippen LogP contribution in [0.1, 0.15) is 18.4 Å². The molecule has 1 saturated heterocycles. The Balaban J connectivity index is 1.68. The minimum Gasteiger partial charge on any atom is -0.508 e. The molecule has 0 radical (unpaired) electrons. The van der Waals surface area contributed by atoms with Crippen molar-refractivity contribution >= 4 is 11.4 Å². The monoisotopic (exact) mass is 286 g/mol. The molecule has 1 aliphatic heterocycles. The van der Waals surface area contributed by atoms with Crippen LogP contribution in [0.2, 0.25) is 0 Å². The molecular formula is C17H19FN2O. The molecule has 0 amide bonds. The second kappa shape index (κ2) is 6.04. The highest BCUT2D eigenvalue weighted by Crippen LogP contribution is 2.24. The van der Waals surface area contributed by atoms with Crippen molar-refractivity contribution in [2.75, 3.05) is 23.3 Å². The highest BCUT2D eigenvalue weighted by molar-refractivity contribution is 5.58. The summed E-state index contributed by atoms with van der Waals surface area (Å²) in [5, 5.41) is 12.7. The first kappa shape index (κ1) is 13.7. The van der Waals surface area contributed by atoms with E-state index in [-0.39, 0.29) is 5.75 Å². The maximum absolute atomic E-state index is 13.2. The minimum atomic E-state index is -0.419. The van der Waals surface area contributed by atoms with Gasteiger partial charge in [0.2, 0.25) is 0 Å². The maximum Gasteiger partial charge on any atom is 0.127 e. The highest BCUT2D eigenvalue weighted by Gasteiger charge is 2.12. The summed E-state index contributed by atoms with van der Waals surface area (Å²) in [6.45, 7) is 2.71. The Hall–Kier alpha value is -2.23. The van der Waals surface area contributed by atoms with E-state index < -0.39 is 5.82 Å². The minimum absolute atomic E-state index is 0.0439. The van der Waals surface area contributed by atoms with E-state index in [1.807, 2.05) is 12.1 Å². The van der Waals surface area contributed by atoms with Crippen molar-refractivity contribution in [3.8, 4) is 5.75 Å². The van der Waals surface area contributed by atoms with Gasteiger partial charge in [-0.05, 0) is 48.7 Å². The standard InChI is InChI=1S/C17H19FN2O/c18-14-8-13(9-17(21)10-14)12-19-15-4-3-5-16(11-15)20-6-1-2-7-20/h3-5,8-11,19,21H,1-2,6-7,12H2. The first-order valence-corrected chi connectivity index (χ1v) is 7.28. The third kappa shape index (κ3) is 3.45. The fourth-order valence-corrected chi connectivity index (χ4v) is 2.73. The highest BCUT2D eigenvalue weighted by atomic mass is 19.1. The SMILES string of the molecule is Oc1cc(F)cc(CNc2cccc(N3CCCC3)c2)c1. The lowest BCUT2D eigenvalue weighted by Crippen LogP contribution is -2.17. The molecule has 1 fully saturated rings. The van der Waals surface area contributed by atoms with Crippen LogP contribution < -0.4 is 10.2 Å². The molecule has 2 N–H and O–H groups in total. The third-order valence-electron chi connectivity index (χ3n) is 3.76. The Kier molecular flexibility index (Phi) is 3.95. The summed E-state index contributed by atoms with van der Waals surface area (Å²) in [5.74, 6) is -0.463. The van der Waals surface area contributed by atoms with Crippen LogP contribution in [0.3, 0.4) is 0 Å². The van der Waals surface area contributed by atoms with Gasteiger partial charge in [0.1, 0.15) is 11.6 Å². The molecule has 3 nitrogen and oxygen atoms in total. The second-order valence-electron chi connectivity index (χ2n) is 5.42. The Morgan fingerprint density at radius 1 is 1.10 bits per heavy atom. The van der Waals surface area contributed by atoms with Crippen molar-refractivity contribution in [1.29, 1.82) is 0 Å². The molecule has 0 bridgehead atoms. The van der Waals surface area contributed by atoms with E-state index in [1.54, 1.807) is 6.07 Å². The number of nitrogens with one attached hydrogen (secondary N) is 1. The molecule has 2 aromatic carbocycles. The molecule has 0 aromatic heterocycles. The van der Waals surface area contributed by atoms with Gasteiger partial charge in [0.25, 0.3) is 0 Å². The van der Waals surface area contributed by atoms with Crippen LogP contribution in [-0.2, 0) is 6.54 Å². The Morgan fingerprint density at radius 2 is 1.90 bits per heavy atom. The average Bonchev–Trinajstić information content (AvgIpc) is 2.99. The second-order valence-corrected chi connectivity index (χ2v) is 5.42. The molecule has 3 rings (SSSR count). The van der Waals surface area contributed by atoms with E-state index in [4.69, 9.17) is 0 Å². The lowest BCUT2D eigenvalue weighted by molar-refractivity contribution is 0.468. The van der Waals surface area contributed by atoms with Gasteiger partial charge in [-0.1, -0.05) is 6.07 Å². The van der Waals surface area contributed by atoms with Crippen LogP contribution in [0.5, 0.6) is 5.75 Å². The first-order valence-electron chi connectivity index (χ1n) is 7.28. The van der Waals surface area contributed by atoms with Crippen molar-refractivity contribution in [3.05, 3.63) is 53.8 Å². The van der Waals surface area contributed by atoms with E-state index in [1.165, 1.54) is 24.6 Å². The molecular weight excluding hydrogens is 267 g/mol. The third-order valence-corrected chi connectivity index (χ3v) is 3.76.